The van der Waals surface area contributed by atoms with E-state index in [2.05, 4.69) is 17.3 Å². The molecule has 2 N–H and O–H groups in total. The van der Waals surface area contributed by atoms with Crippen molar-refractivity contribution in [3.05, 3.63) is 64.2 Å². The van der Waals surface area contributed by atoms with Crippen molar-refractivity contribution in [3.8, 4) is 0 Å². The number of nitrogens with one attached hydrogen (secondary N) is 2. The molecule has 1 heterocycles. The van der Waals surface area contributed by atoms with Crippen LogP contribution in [-0.2, 0) is 0 Å². The molecule has 0 unspecified atom stereocenters. The quantitative estimate of drug-likeness (QED) is 0.646. The van der Waals surface area contributed by atoms with Gasteiger partial charge in [0.1, 0.15) is 5.56 Å². The molecule has 130 valence electrons. The first-order chi connectivity index (χ1) is 12.0. The molecule has 3 rings (SSSR count). The van der Waals surface area contributed by atoms with E-state index in [0.717, 1.165) is 31.9 Å². The Morgan fingerprint density at radius 2 is 1.76 bits per heavy atom. The Labute approximate surface area is 146 Å². The Hall–Kier alpha value is -2.93. The van der Waals surface area contributed by atoms with E-state index in [9.17, 15) is 14.9 Å². The molecule has 1 aliphatic rings. The molecular weight excluding hydrogens is 320 g/mol. The third-order valence-electron chi connectivity index (χ3n) is 4.45. The summed E-state index contributed by atoms with van der Waals surface area (Å²) in [5.74, 6) is -0.483. The zero-order chi connectivity index (χ0) is 17.8. The lowest BCUT2D eigenvalue weighted by Gasteiger charge is -2.31. The van der Waals surface area contributed by atoms with Crippen molar-refractivity contribution in [2.75, 3.05) is 43.4 Å². The third-order valence-corrected chi connectivity index (χ3v) is 4.45. The van der Waals surface area contributed by atoms with Gasteiger partial charge in [0.25, 0.3) is 11.6 Å². The number of likely N-dealkylation sites (N-methyl/N-ethyl adjacent to an activating group) is 1. The Bertz CT molecular complexity index is 768. The normalized spacial score (nSPS) is 15.0. The number of piperazine rings is 1. The minimum Gasteiger partial charge on any atom is -0.360 e. The number of carbonyl (C=O) groups excluding carboxylic acids is 1. The van der Waals surface area contributed by atoms with E-state index in [4.69, 9.17) is 0 Å². The summed E-state index contributed by atoms with van der Waals surface area (Å²) in [6.45, 7) is 4.23. The summed E-state index contributed by atoms with van der Waals surface area (Å²) in [7, 11) is 2.19. The van der Waals surface area contributed by atoms with E-state index in [1.165, 1.54) is 17.0 Å². The molecule has 0 aliphatic carbocycles. The van der Waals surface area contributed by atoms with Gasteiger partial charge in [0, 0.05) is 17.4 Å². The molecule has 1 saturated heterocycles. The van der Waals surface area contributed by atoms with E-state index in [1.807, 2.05) is 24.3 Å². The number of amides is 1. The highest BCUT2D eigenvalue weighted by Crippen LogP contribution is 2.21. The maximum Gasteiger partial charge on any atom is 0.282 e. The largest absolute Gasteiger partial charge is 0.360 e. The lowest BCUT2D eigenvalue weighted by molar-refractivity contribution is -0.880. The Kier molecular flexibility index (Phi) is 4.95. The maximum absolute atomic E-state index is 12.3. The number of rotatable bonds is 4. The molecular formula is C18H21N4O3+. The first kappa shape index (κ1) is 16.9. The number of anilines is 2. The van der Waals surface area contributed by atoms with Crippen LogP contribution >= 0.6 is 0 Å². The molecule has 0 saturated carbocycles. The smallest absolute Gasteiger partial charge is 0.282 e. The molecule has 7 heteroatoms. The number of hydrogen-bond donors (Lipinski definition) is 2. The second-order valence-corrected chi connectivity index (χ2v) is 6.22. The minimum absolute atomic E-state index is 0.0543. The molecule has 2 aromatic rings. The maximum atomic E-state index is 12.3. The summed E-state index contributed by atoms with van der Waals surface area (Å²) in [6, 6.07) is 13.5. The third kappa shape index (κ3) is 3.95. The standard InChI is InChI=1S/C18H20N4O3/c1-20-10-12-21(13-11-20)15-8-6-14(7-9-15)19-18(23)16-4-2-3-5-17(16)22(24)25/h2-9H,10-13H2,1H3,(H,19,23)/p+1. The highest BCUT2D eigenvalue weighted by atomic mass is 16.6. The van der Waals surface area contributed by atoms with Crippen molar-refractivity contribution in [1.82, 2.24) is 0 Å². The molecule has 7 nitrogen and oxygen atoms in total. The van der Waals surface area contributed by atoms with Gasteiger partial charge in [0.05, 0.1) is 38.2 Å². The monoisotopic (exact) mass is 341 g/mol. The van der Waals surface area contributed by atoms with E-state index in [-0.39, 0.29) is 11.3 Å². The van der Waals surface area contributed by atoms with Crippen LogP contribution in [0.3, 0.4) is 0 Å². The predicted molar refractivity (Wildman–Crippen MR) is 96.3 cm³/mol. The summed E-state index contributed by atoms with van der Waals surface area (Å²) >= 11 is 0. The molecule has 1 amide bonds. The van der Waals surface area contributed by atoms with Crippen molar-refractivity contribution in [2.45, 2.75) is 0 Å². The van der Waals surface area contributed by atoms with E-state index >= 15 is 0 Å². The van der Waals surface area contributed by atoms with Crippen LogP contribution in [0.5, 0.6) is 0 Å². The first-order valence-corrected chi connectivity index (χ1v) is 8.25. The molecule has 0 radical (unpaired) electrons. The fraction of sp³-hybridized carbons (Fsp3) is 0.278. The Balaban J connectivity index is 1.69. The number of carbonyl (C=O) groups is 1. The van der Waals surface area contributed by atoms with Gasteiger partial charge in [-0.05, 0) is 30.3 Å². The predicted octanol–water partition coefficient (Wildman–Crippen LogP) is 1.18. The van der Waals surface area contributed by atoms with Gasteiger partial charge in [0.2, 0.25) is 0 Å². The molecule has 1 aliphatic heterocycles. The first-order valence-electron chi connectivity index (χ1n) is 8.25. The molecule has 0 spiro atoms. The summed E-state index contributed by atoms with van der Waals surface area (Å²) in [5, 5.41) is 13.8. The molecule has 2 aromatic carbocycles. The van der Waals surface area contributed by atoms with E-state index < -0.39 is 10.8 Å². The van der Waals surface area contributed by atoms with Crippen LogP contribution < -0.4 is 15.1 Å². The molecule has 1 fully saturated rings. The van der Waals surface area contributed by atoms with Crippen LogP contribution in [-0.4, -0.2) is 44.1 Å². The summed E-state index contributed by atoms with van der Waals surface area (Å²) in [5.41, 5.74) is 1.60. The van der Waals surface area contributed by atoms with Crippen molar-refractivity contribution in [3.63, 3.8) is 0 Å². The van der Waals surface area contributed by atoms with Gasteiger partial charge in [-0.15, -0.1) is 0 Å². The van der Waals surface area contributed by atoms with Crippen molar-refractivity contribution in [1.29, 1.82) is 0 Å². The Morgan fingerprint density at radius 3 is 2.40 bits per heavy atom. The van der Waals surface area contributed by atoms with Gasteiger partial charge in [-0.2, -0.15) is 0 Å². The van der Waals surface area contributed by atoms with Gasteiger partial charge in [-0.3, -0.25) is 14.9 Å². The zero-order valence-electron chi connectivity index (χ0n) is 14.1. The zero-order valence-corrected chi connectivity index (χ0v) is 14.1. The van der Waals surface area contributed by atoms with Crippen LogP contribution in [0, 0.1) is 10.1 Å². The summed E-state index contributed by atoms with van der Waals surface area (Å²) in [4.78, 5) is 26.7. The second-order valence-electron chi connectivity index (χ2n) is 6.22. The highest BCUT2D eigenvalue weighted by Gasteiger charge is 2.20. The topological polar surface area (TPSA) is 79.9 Å². The second kappa shape index (κ2) is 7.31. The average molecular weight is 341 g/mol. The van der Waals surface area contributed by atoms with Crippen LogP contribution in [0.15, 0.2) is 48.5 Å². The molecule has 25 heavy (non-hydrogen) atoms. The van der Waals surface area contributed by atoms with Gasteiger partial charge in [0.15, 0.2) is 0 Å². The van der Waals surface area contributed by atoms with E-state index in [0.29, 0.717) is 5.69 Å². The molecule has 0 aromatic heterocycles. The number of nitro groups is 1. The lowest BCUT2D eigenvalue weighted by atomic mass is 10.1. The number of nitro benzene ring substituents is 1. The average Bonchev–Trinajstić information content (AvgIpc) is 2.63. The number of quaternary nitrogens is 1. The van der Waals surface area contributed by atoms with Crippen LogP contribution in [0.4, 0.5) is 17.1 Å². The fourth-order valence-corrected chi connectivity index (χ4v) is 2.93. The van der Waals surface area contributed by atoms with Crippen LogP contribution in [0.2, 0.25) is 0 Å². The number of nitrogens with zero attached hydrogens (tertiary/aromatic N) is 2. The van der Waals surface area contributed by atoms with Crippen molar-refractivity contribution < 1.29 is 14.6 Å². The SMILES string of the molecule is C[NH+]1CCN(c2ccc(NC(=O)c3ccccc3[N+](=O)[O-])cc2)CC1. The van der Waals surface area contributed by atoms with Crippen molar-refractivity contribution >= 4 is 23.0 Å². The minimum atomic E-state index is -0.548. The number of benzene rings is 2. The number of para-hydroxylation sites is 1. The van der Waals surface area contributed by atoms with Gasteiger partial charge < -0.3 is 15.1 Å². The van der Waals surface area contributed by atoms with Gasteiger partial charge >= 0.3 is 0 Å². The number of hydrogen-bond acceptors (Lipinski definition) is 4. The summed E-state index contributed by atoms with van der Waals surface area (Å²) < 4.78 is 0. The molecule has 0 atom stereocenters. The highest BCUT2D eigenvalue weighted by molar-refractivity contribution is 6.07. The van der Waals surface area contributed by atoms with Crippen LogP contribution in [0.25, 0.3) is 0 Å². The Morgan fingerprint density at radius 1 is 1.12 bits per heavy atom. The van der Waals surface area contributed by atoms with E-state index in [1.54, 1.807) is 12.1 Å². The van der Waals surface area contributed by atoms with Gasteiger partial charge in [-0.25, -0.2) is 0 Å². The molecule has 0 bridgehead atoms. The van der Waals surface area contributed by atoms with Gasteiger partial charge in [-0.1, -0.05) is 12.1 Å². The van der Waals surface area contributed by atoms with Crippen molar-refractivity contribution in [2.24, 2.45) is 0 Å². The van der Waals surface area contributed by atoms with Crippen LogP contribution in [0.1, 0.15) is 10.4 Å². The summed E-state index contributed by atoms with van der Waals surface area (Å²) in [6.07, 6.45) is 0. The lowest BCUT2D eigenvalue weighted by Crippen LogP contribution is -3.12. The fourth-order valence-electron chi connectivity index (χ4n) is 2.93.